The van der Waals surface area contributed by atoms with Gasteiger partial charge in [-0.25, -0.2) is 0 Å². The smallest absolute Gasteiger partial charge is 0.320 e. The largest absolute Gasteiger partial charge is 0.480 e. The molecule has 88 valence electrons. The van der Waals surface area contributed by atoms with Crippen LogP contribution in [-0.2, 0) is 4.79 Å². The molecule has 0 aliphatic heterocycles. The van der Waals surface area contributed by atoms with Crippen LogP contribution >= 0.6 is 23.2 Å². The van der Waals surface area contributed by atoms with Crippen molar-refractivity contribution in [1.82, 2.24) is 0 Å². The van der Waals surface area contributed by atoms with Crippen LogP contribution in [0.3, 0.4) is 0 Å². The number of aliphatic carboxylic acids is 1. The van der Waals surface area contributed by atoms with Crippen molar-refractivity contribution >= 4 is 34.9 Å². The zero-order chi connectivity index (χ0) is 12.1. The van der Waals surface area contributed by atoms with Gasteiger partial charge in [-0.15, -0.1) is 0 Å². The van der Waals surface area contributed by atoms with Crippen LogP contribution in [-0.4, -0.2) is 23.7 Å². The number of nitrogens with one attached hydrogen (secondary N) is 1. The minimum atomic E-state index is -1.01. The third-order valence-electron chi connectivity index (χ3n) is 2.02. The number of halogens is 2. The van der Waals surface area contributed by atoms with Gasteiger partial charge < -0.3 is 16.2 Å². The standard InChI is InChI=1S/C10H12Cl2N2O2/c11-6-1-2-7(12)9(5-6)14-4-3-8(13)10(15)16/h1-2,5,8,14H,3-4,13H2,(H,15,16). The van der Waals surface area contributed by atoms with E-state index in [0.717, 1.165) is 0 Å². The average molecular weight is 263 g/mol. The zero-order valence-corrected chi connectivity index (χ0v) is 9.92. The lowest BCUT2D eigenvalue weighted by molar-refractivity contribution is -0.138. The molecule has 0 saturated carbocycles. The molecule has 1 atom stereocenters. The summed E-state index contributed by atoms with van der Waals surface area (Å²) in [7, 11) is 0. The van der Waals surface area contributed by atoms with E-state index in [-0.39, 0.29) is 0 Å². The highest BCUT2D eigenvalue weighted by atomic mass is 35.5. The molecule has 0 bridgehead atoms. The molecule has 1 rings (SSSR count). The quantitative estimate of drug-likeness (QED) is 0.761. The Morgan fingerprint density at radius 3 is 2.81 bits per heavy atom. The molecular weight excluding hydrogens is 251 g/mol. The molecule has 1 aromatic carbocycles. The van der Waals surface area contributed by atoms with Crippen LogP contribution in [0.1, 0.15) is 6.42 Å². The highest BCUT2D eigenvalue weighted by Crippen LogP contribution is 2.25. The number of nitrogens with two attached hydrogens (primary N) is 1. The minimum Gasteiger partial charge on any atom is -0.480 e. The monoisotopic (exact) mass is 262 g/mol. The first kappa shape index (κ1) is 13.1. The Morgan fingerprint density at radius 2 is 2.19 bits per heavy atom. The van der Waals surface area contributed by atoms with Gasteiger partial charge in [0, 0.05) is 11.6 Å². The lowest BCUT2D eigenvalue weighted by Gasteiger charge is -2.10. The Morgan fingerprint density at radius 1 is 1.50 bits per heavy atom. The summed E-state index contributed by atoms with van der Waals surface area (Å²) in [6.07, 6.45) is 0.318. The number of hydrogen-bond donors (Lipinski definition) is 3. The van der Waals surface area contributed by atoms with Crippen LogP contribution in [0.5, 0.6) is 0 Å². The molecule has 0 spiro atoms. The van der Waals surface area contributed by atoms with Gasteiger partial charge >= 0.3 is 5.97 Å². The van der Waals surface area contributed by atoms with Crippen molar-refractivity contribution in [2.45, 2.75) is 12.5 Å². The van der Waals surface area contributed by atoms with Gasteiger partial charge in [-0.2, -0.15) is 0 Å². The zero-order valence-electron chi connectivity index (χ0n) is 8.41. The second-order valence-electron chi connectivity index (χ2n) is 3.28. The van der Waals surface area contributed by atoms with Crippen molar-refractivity contribution in [3.8, 4) is 0 Å². The summed E-state index contributed by atoms with van der Waals surface area (Å²) in [5, 5.41) is 12.7. The maximum absolute atomic E-state index is 10.5. The molecule has 0 amide bonds. The second kappa shape index (κ2) is 5.94. The number of carbonyl (C=O) groups is 1. The molecular formula is C10H12Cl2N2O2. The lowest BCUT2D eigenvalue weighted by atomic mass is 10.2. The summed E-state index contributed by atoms with van der Waals surface area (Å²) in [6, 6.07) is 4.16. The predicted octanol–water partition coefficient (Wildman–Crippen LogP) is 2.21. The molecule has 0 aliphatic carbocycles. The number of carboxylic acids is 1. The number of benzene rings is 1. The number of rotatable bonds is 5. The Hall–Kier alpha value is -0.970. The van der Waals surface area contributed by atoms with Crippen LogP contribution in [0.25, 0.3) is 0 Å². The minimum absolute atomic E-state index is 0.318. The molecule has 1 aromatic rings. The first-order valence-electron chi connectivity index (χ1n) is 4.68. The van der Waals surface area contributed by atoms with E-state index >= 15 is 0 Å². The Bertz CT molecular complexity index is 385. The van der Waals surface area contributed by atoms with Crippen molar-refractivity contribution in [1.29, 1.82) is 0 Å². The van der Waals surface area contributed by atoms with E-state index in [1.807, 2.05) is 0 Å². The summed E-state index contributed by atoms with van der Waals surface area (Å²) >= 11 is 11.7. The molecule has 0 radical (unpaired) electrons. The molecule has 0 aromatic heterocycles. The highest BCUT2D eigenvalue weighted by Gasteiger charge is 2.10. The molecule has 0 aliphatic rings. The average Bonchev–Trinajstić information content (AvgIpc) is 2.22. The summed E-state index contributed by atoms with van der Waals surface area (Å²) in [4.78, 5) is 10.5. The third-order valence-corrected chi connectivity index (χ3v) is 2.58. The summed E-state index contributed by atoms with van der Waals surface area (Å²) in [6.45, 7) is 0.424. The van der Waals surface area contributed by atoms with Gasteiger partial charge in [-0.05, 0) is 24.6 Å². The van der Waals surface area contributed by atoms with E-state index in [1.165, 1.54) is 0 Å². The summed E-state index contributed by atoms with van der Waals surface area (Å²) in [5.41, 5.74) is 6.02. The fourth-order valence-corrected chi connectivity index (χ4v) is 1.48. The Kier molecular flexibility index (Phi) is 4.86. The molecule has 16 heavy (non-hydrogen) atoms. The van der Waals surface area contributed by atoms with Crippen LogP contribution in [0.2, 0.25) is 10.0 Å². The Balaban J connectivity index is 2.48. The van der Waals surface area contributed by atoms with Crippen molar-refractivity contribution in [2.75, 3.05) is 11.9 Å². The van der Waals surface area contributed by atoms with Crippen molar-refractivity contribution in [3.63, 3.8) is 0 Å². The maximum atomic E-state index is 10.5. The molecule has 4 nitrogen and oxygen atoms in total. The first-order valence-corrected chi connectivity index (χ1v) is 5.43. The fraction of sp³-hybridized carbons (Fsp3) is 0.300. The van der Waals surface area contributed by atoms with Gasteiger partial charge in [0.25, 0.3) is 0 Å². The van der Waals surface area contributed by atoms with E-state index in [4.69, 9.17) is 34.0 Å². The number of hydrogen-bond acceptors (Lipinski definition) is 3. The van der Waals surface area contributed by atoms with Crippen molar-refractivity contribution in [2.24, 2.45) is 5.73 Å². The van der Waals surface area contributed by atoms with Gasteiger partial charge in [0.2, 0.25) is 0 Å². The van der Waals surface area contributed by atoms with Crippen LogP contribution in [0.15, 0.2) is 18.2 Å². The van der Waals surface area contributed by atoms with Crippen LogP contribution in [0, 0.1) is 0 Å². The topological polar surface area (TPSA) is 75.3 Å². The second-order valence-corrected chi connectivity index (χ2v) is 4.13. The van der Waals surface area contributed by atoms with Gasteiger partial charge in [-0.3, -0.25) is 4.79 Å². The Labute approximate surface area is 103 Å². The molecule has 0 fully saturated rings. The van der Waals surface area contributed by atoms with E-state index in [2.05, 4.69) is 5.32 Å². The van der Waals surface area contributed by atoms with Gasteiger partial charge in [0.15, 0.2) is 0 Å². The van der Waals surface area contributed by atoms with Gasteiger partial charge in [0.05, 0.1) is 10.7 Å². The van der Waals surface area contributed by atoms with Gasteiger partial charge in [0.1, 0.15) is 6.04 Å². The summed E-state index contributed by atoms with van der Waals surface area (Å²) < 4.78 is 0. The molecule has 4 N–H and O–H groups in total. The molecule has 0 saturated heterocycles. The third kappa shape index (κ3) is 3.89. The SMILES string of the molecule is NC(CCNc1cc(Cl)ccc1Cl)C(=O)O. The number of carboxylic acid groups (broad SMARTS) is 1. The van der Waals surface area contributed by atoms with E-state index in [1.54, 1.807) is 18.2 Å². The fourth-order valence-electron chi connectivity index (χ4n) is 1.12. The normalized spacial score (nSPS) is 12.2. The maximum Gasteiger partial charge on any atom is 0.320 e. The molecule has 0 heterocycles. The van der Waals surface area contributed by atoms with Crippen LogP contribution in [0.4, 0.5) is 5.69 Å². The first-order chi connectivity index (χ1) is 7.50. The van der Waals surface area contributed by atoms with Gasteiger partial charge in [-0.1, -0.05) is 23.2 Å². The van der Waals surface area contributed by atoms with Crippen molar-refractivity contribution < 1.29 is 9.90 Å². The predicted molar refractivity (Wildman–Crippen MR) is 65.2 cm³/mol. The number of anilines is 1. The molecule has 6 heteroatoms. The lowest BCUT2D eigenvalue weighted by Crippen LogP contribution is -2.32. The molecule has 1 unspecified atom stereocenters. The highest BCUT2D eigenvalue weighted by molar-refractivity contribution is 6.35. The van der Waals surface area contributed by atoms with Crippen LogP contribution < -0.4 is 11.1 Å². The van der Waals surface area contributed by atoms with E-state index < -0.39 is 12.0 Å². The van der Waals surface area contributed by atoms with Crippen molar-refractivity contribution in [3.05, 3.63) is 28.2 Å². The van der Waals surface area contributed by atoms with E-state index in [9.17, 15) is 4.79 Å². The summed E-state index contributed by atoms with van der Waals surface area (Å²) in [5.74, 6) is -1.01. The van der Waals surface area contributed by atoms with E-state index in [0.29, 0.717) is 28.7 Å².